The van der Waals surface area contributed by atoms with E-state index in [0.29, 0.717) is 17.9 Å². The van der Waals surface area contributed by atoms with Gasteiger partial charge < -0.3 is 14.4 Å². The van der Waals surface area contributed by atoms with Gasteiger partial charge in [-0.05, 0) is 67.1 Å². The van der Waals surface area contributed by atoms with Crippen molar-refractivity contribution in [2.24, 2.45) is 11.0 Å². The minimum absolute atomic E-state index is 0.0140. The summed E-state index contributed by atoms with van der Waals surface area (Å²) in [6.45, 7) is 4.37. The maximum atomic E-state index is 13.5. The smallest absolute Gasteiger partial charge is 0.262 e. The molecule has 1 aliphatic carbocycles. The van der Waals surface area contributed by atoms with Crippen LogP contribution in [0.15, 0.2) is 41.5 Å². The molecule has 1 saturated carbocycles. The fourth-order valence-electron chi connectivity index (χ4n) is 5.05. The molecular formula is C27H31N3O4. The van der Waals surface area contributed by atoms with E-state index in [-0.39, 0.29) is 37.1 Å². The topological polar surface area (TPSA) is 71.4 Å². The summed E-state index contributed by atoms with van der Waals surface area (Å²) >= 11 is 0. The van der Waals surface area contributed by atoms with Crippen molar-refractivity contribution in [1.29, 1.82) is 0 Å². The van der Waals surface area contributed by atoms with Crippen molar-refractivity contribution in [2.45, 2.75) is 52.0 Å². The van der Waals surface area contributed by atoms with Gasteiger partial charge in [-0.15, -0.1) is 0 Å². The predicted molar refractivity (Wildman–Crippen MR) is 129 cm³/mol. The fourth-order valence-corrected chi connectivity index (χ4v) is 5.05. The van der Waals surface area contributed by atoms with E-state index in [4.69, 9.17) is 14.6 Å². The van der Waals surface area contributed by atoms with Crippen LogP contribution in [0.25, 0.3) is 0 Å². The van der Waals surface area contributed by atoms with Gasteiger partial charge in [-0.25, -0.2) is 5.01 Å². The number of likely N-dealkylation sites (N-methyl/N-ethyl adjacent to an activating group) is 1. The van der Waals surface area contributed by atoms with E-state index in [2.05, 4.69) is 32.0 Å². The summed E-state index contributed by atoms with van der Waals surface area (Å²) in [4.78, 5) is 27.8. The molecule has 1 unspecified atom stereocenters. The number of aryl methyl sites for hydroxylation is 2. The van der Waals surface area contributed by atoms with Gasteiger partial charge in [0.2, 0.25) is 12.7 Å². The van der Waals surface area contributed by atoms with E-state index in [0.717, 1.165) is 42.5 Å². The number of hydrazone groups is 1. The van der Waals surface area contributed by atoms with E-state index in [1.165, 1.54) is 11.1 Å². The SMILES string of the molecule is Cc1ccc(C2=NN(C(=O)CN(C)C(=O)C3CCCC3)C(c3ccc4c(c3)OCO4)C2)cc1C. The molecule has 1 fully saturated rings. The highest BCUT2D eigenvalue weighted by molar-refractivity contribution is 6.03. The molecule has 7 heteroatoms. The van der Waals surface area contributed by atoms with Crippen LogP contribution in [0, 0.1) is 19.8 Å². The van der Waals surface area contributed by atoms with Gasteiger partial charge in [0.15, 0.2) is 11.5 Å². The van der Waals surface area contributed by atoms with Crippen molar-refractivity contribution in [3.05, 3.63) is 58.7 Å². The number of hydrogen-bond donors (Lipinski definition) is 0. The summed E-state index contributed by atoms with van der Waals surface area (Å²) in [7, 11) is 1.72. The Balaban J connectivity index is 1.42. The number of rotatable bonds is 5. The van der Waals surface area contributed by atoms with Crippen molar-refractivity contribution in [2.75, 3.05) is 20.4 Å². The first-order valence-electron chi connectivity index (χ1n) is 12.0. The highest BCUT2D eigenvalue weighted by Gasteiger charge is 2.35. The zero-order chi connectivity index (χ0) is 23.8. The van der Waals surface area contributed by atoms with Crippen LogP contribution in [0.1, 0.15) is 60.4 Å². The van der Waals surface area contributed by atoms with E-state index >= 15 is 0 Å². The molecule has 5 rings (SSSR count). The molecule has 0 aromatic heterocycles. The van der Waals surface area contributed by atoms with Crippen molar-refractivity contribution in [3.63, 3.8) is 0 Å². The summed E-state index contributed by atoms with van der Waals surface area (Å²) < 4.78 is 11.0. The van der Waals surface area contributed by atoms with Gasteiger partial charge in [-0.1, -0.05) is 31.0 Å². The molecule has 0 radical (unpaired) electrons. The number of ether oxygens (including phenoxy) is 2. The fraction of sp³-hybridized carbons (Fsp3) is 0.444. The van der Waals surface area contributed by atoms with Crippen molar-refractivity contribution < 1.29 is 19.1 Å². The molecule has 34 heavy (non-hydrogen) atoms. The van der Waals surface area contributed by atoms with Crippen LogP contribution >= 0.6 is 0 Å². The molecule has 2 heterocycles. The van der Waals surface area contributed by atoms with Gasteiger partial charge in [0.05, 0.1) is 11.8 Å². The molecule has 0 bridgehead atoms. The lowest BCUT2D eigenvalue weighted by atomic mass is 9.96. The lowest BCUT2D eigenvalue weighted by Crippen LogP contribution is -2.41. The predicted octanol–water partition coefficient (Wildman–Crippen LogP) is 4.36. The van der Waals surface area contributed by atoms with Crippen molar-refractivity contribution >= 4 is 17.5 Å². The Morgan fingerprint density at radius 3 is 2.56 bits per heavy atom. The van der Waals surface area contributed by atoms with Gasteiger partial charge >= 0.3 is 0 Å². The first kappa shape index (κ1) is 22.4. The largest absolute Gasteiger partial charge is 0.454 e. The van der Waals surface area contributed by atoms with Crippen LogP contribution in [-0.2, 0) is 9.59 Å². The number of benzene rings is 2. The highest BCUT2D eigenvalue weighted by atomic mass is 16.7. The summed E-state index contributed by atoms with van der Waals surface area (Å²) in [5.74, 6) is 1.30. The summed E-state index contributed by atoms with van der Waals surface area (Å²) in [6, 6.07) is 11.8. The number of carbonyl (C=O) groups is 2. The second kappa shape index (κ2) is 9.12. The summed E-state index contributed by atoms with van der Waals surface area (Å²) in [5.41, 5.74) is 5.22. The number of nitrogens with zero attached hydrogens (tertiary/aromatic N) is 3. The summed E-state index contributed by atoms with van der Waals surface area (Å²) in [5, 5.41) is 6.34. The first-order chi connectivity index (χ1) is 16.4. The quantitative estimate of drug-likeness (QED) is 0.663. The highest BCUT2D eigenvalue weighted by Crippen LogP contribution is 2.39. The molecule has 3 aliphatic rings. The first-order valence-corrected chi connectivity index (χ1v) is 12.0. The average molecular weight is 462 g/mol. The van der Waals surface area contributed by atoms with Crippen LogP contribution < -0.4 is 9.47 Å². The van der Waals surface area contributed by atoms with Crippen molar-refractivity contribution in [1.82, 2.24) is 9.91 Å². The molecule has 178 valence electrons. The van der Waals surface area contributed by atoms with Crippen LogP contribution in [0.4, 0.5) is 0 Å². The number of carbonyl (C=O) groups excluding carboxylic acids is 2. The maximum absolute atomic E-state index is 13.5. The molecule has 2 aliphatic heterocycles. The van der Waals surface area contributed by atoms with Crippen molar-refractivity contribution in [3.8, 4) is 11.5 Å². The van der Waals surface area contributed by atoms with Crippen LogP contribution in [0.2, 0.25) is 0 Å². The van der Waals surface area contributed by atoms with Gasteiger partial charge in [0.25, 0.3) is 5.91 Å². The Kier molecular flexibility index (Phi) is 6.02. The third kappa shape index (κ3) is 4.27. The lowest BCUT2D eigenvalue weighted by Gasteiger charge is -2.26. The third-order valence-corrected chi connectivity index (χ3v) is 7.24. The summed E-state index contributed by atoms with van der Waals surface area (Å²) in [6.07, 6.45) is 4.58. The standard InChI is InChI=1S/C27H31N3O4/c1-17-8-9-20(12-18(17)2)22-14-23(21-10-11-24-25(13-21)34-16-33-24)30(28-22)26(31)15-29(3)27(32)19-6-4-5-7-19/h8-13,19,23H,4-7,14-16H2,1-3H3. The van der Waals surface area contributed by atoms with Gasteiger partial charge in [0.1, 0.15) is 6.54 Å². The molecule has 2 aromatic rings. The molecular weight excluding hydrogens is 430 g/mol. The Morgan fingerprint density at radius 2 is 1.79 bits per heavy atom. The molecule has 0 spiro atoms. The monoisotopic (exact) mass is 461 g/mol. The second-order valence-corrected chi connectivity index (χ2v) is 9.59. The Labute approximate surface area is 200 Å². The van der Waals surface area contributed by atoms with Gasteiger partial charge in [0, 0.05) is 19.4 Å². The molecule has 2 amide bonds. The van der Waals surface area contributed by atoms with Crippen LogP contribution in [0.5, 0.6) is 11.5 Å². The molecule has 2 aromatic carbocycles. The average Bonchev–Trinajstić information content (AvgIpc) is 3.60. The maximum Gasteiger partial charge on any atom is 0.262 e. The number of amides is 2. The number of hydrogen-bond acceptors (Lipinski definition) is 5. The third-order valence-electron chi connectivity index (χ3n) is 7.24. The zero-order valence-electron chi connectivity index (χ0n) is 20.0. The minimum atomic E-state index is -0.270. The minimum Gasteiger partial charge on any atom is -0.454 e. The molecule has 0 N–H and O–H groups in total. The van der Waals surface area contributed by atoms with Crippen LogP contribution in [-0.4, -0.2) is 47.8 Å². The Bertz CT molecular complexity index is 1150. The normalized spacial score (nSPS) is 19.4. The second-order valence-electron chi connectivity index (χ2n) is 9.59. The molecule has 0 saturated heterocycles. The van der Waals surface area contributed by atoms with E-state index < -0.39 is 0 Å². The van der Waals surface area contributed by atoms with Gasteiger partial charge in [-0.3, -0.25) is 9.59 Å². The molecule has 1 atom stereocenters. The van der Waals surface area contributed by atoms with Gasteiger partial charge in [-0.2, -0.15) is 5.10 Å². The number of fused-ring (bicyclic) bond motifs is 1. The lowest BCUT2D eigenvalue weighted by molar-refractivity contribution is -0.142. The van der Waals surface area contributed by atoms with E-state index in [1.54, 1.807) is 17.0 Å². The van der Waals surface area contributed by atoms with Crippen LogP contribution in [0.3, 0.4) is 0 Å². The molecule has 7 nitrogen and oxygen atoms in total. The van der Waals surface area contributed by atoms with E-state index in [9.17, 15) is 9.59 Å². The Morgan fingerprint density at radius 1 is 1.03 bits per heavy atom. The zero-order valence-corrected chi connectivity index (χ0v) is 20.0. The Hall–Kier alpha value is -3.35. The van der Waals surface area contributed by atoms with E-state index in [1.807, 2.05) is 18.2 Å².